The molecule has 0 bridgehead atoms. The maximum absolute atomic E-state index is 13.2. The van der Waals surface area contributed by atoms with Gasteiger partial charge in [-0.3, -0.25) is 4.79 Å². The number of piperidine rings is 1. The summed E-state index contributed by atoms with van der Waals surface area (Å²) < 4.78 is 55.6. The first kappa shape index (κ1) is 22.1. The summed E-state index contributed by atoms with van der Waals surface area (Å²) in [7, 11) is -3.88. The van der Waals surface area contributed by atoms with Crippen LogP contribution in [0.5, 0.6) is 0 Å². The summed E-state index contributed by atoms with van der Waals surface area (Å²) in [6, 6.07) is 11.3. The number of hydrogen-bond donors (Lipinski definition) is 1. The molecule has 1 amide bonds. The van der Waals surface area contributed by atoms with E-state index < -0.39 is 15.8 Å². The fraction of sp³-hybridized carbons (Fsp3) is 0.304. The van der Waals surface area contributed by atoms with E-state index >= 15 is 0 Å². The van der Waals surface area contributed by atoms with Crippen molar-refractivity contribution in [1.29, 1.82) is 0 Å². The van der Waals surface area contributed by atoms with Gasteiger partial charge in [0.1, 0.15) is 22.4 Å². The number of amides is 1. The first-order valence-corrected chi connectivity index (χ1v) is 11.8. The van der Waals surface area contributed by atoms with Crippen molar-refractivity contribution in [3.63, 3.8) is 0 Å². The third-order valence-corrected chi connectivity index (χ3v) is 7.26. The number of likely N-dealkylation sites (tertiary alicyclic amines) is 1. The highest BCUT2D eigenvalue weighted by Gasteiger charge is 2.35. The largest absolute Gasteiger partial charge is 0.356 e. The Hall–Kier alpha value is -3.07. The lowest BCUT2D eigenvalue weighted by molar-refractivity contribution is -0.126. The maximum atomic E-state index is 13.2. The van der Waals surface area contributed by atoms with Crippen molar-refractivity contribution in [2.75, 3.05) is 13.1 Å². The van der Waals surface area contributed by atoms with Gasteiger partial charge in [-0.25, -0.2) is 8.78 Å². The maximum Gasteiger partial charge on any atom is 0.285 e. The van der Waals surface area contributed by atoms with Gasteiger partial charge in [0.25, 0.3) is 10.0 Å². The van der Waals surface area contributed by atoms with Crippen molar-refractivity contribution < 1.29 is 22.0 Å². The highest BCUT2D eigenvalue weighted by molar-refractivity contribution is 8.00. The Morgan fingerprint density at radius 1 is 1.03 bits per heavy atom. The number of benzene rings is 2. The average Bonchev–Trinajstić information content (AvgIpc) is 3.02. The molecule has 168 valence electrons. The number of nitrogens with one attached hydrogen (secondary N) is 1. The first-order chi connectivity index (χ1) is 15.2. The van der Waals surface area contributed by atoms with Crippen LogP contribution in [0.1, 0.15) is 30.9 Å². The minimum Gasteiger partial charge on any atom is -0.356 e. The van der Waals surface area contributed by atoms with Crippen molar-refractivity contribution in [2.45, 2.75) is 26.3 Å². The molecule has 4 rings (SSSR count). The second-order valence-electron chi connectivity index (χ2n) is 7.96. The van der Waals surface area contributed by atoms with Gasteiger partial charge in [0.15, 0.2) is 0 Å². The molecule has 2 aliphatic rings. The van der Waals surface area contributed by atoms with Gasteiger partial charge in [-0.1, -0.05) is 24.3 Å². The summed E-state index contributed by atoms with van der Waals surface area (Å²) >= 11 is 0. The van der Waals surface area contributed by atoms with Crippen LogP contribution in [-0.4, -0.2) is 38.2 Å². The van der Waals surface area contributed by atoms with Gasteiger partial charge in [-0.2, -0.15) is 8.42 Å². The Balaban J connectivity index is 1.40. The summed E-state index contributed by atoms with van der Waals surface area (Å²) in [5.74, 6) is -0.644. The van der Waals surface area contributed by atoms with E-state index in [1.165, 1.54) is 36.4 Å². The average molecular weight is 460 g/mol. The summed E-state index contributed by atoms with van der Waals surface area (Å²) in [5.41, 5.74) is 1.74. The Morgan fingerprint density at radius 3 is 2.19 bits per heavy atom. The number of sulfonamides is 1. The molecule has 1 N–H and O–H groups in total. The van der Waals surface area contributed by atoms with Gasteiger partial charge in [0.2, 0.25) is 5.91 Å². The van der Waals surface area contributed by atoms with Gasteiger partial charge in [0.05, 0.1) is 0 Å². The van der Waals surface area contributed by atoms with Crippen molar-refractivity contribution in [2.24, 2.45) is 10.3 Å². The number of halogens is 2. The Bertz CT molecular complexity index is 1180. The van der Waals surface area contributed by atoms with Crippen molar-refractivity contribution in [1.82, 2.24) is 10.2 Å². The van der Waals surface area contributed by atoms with Crippen LogP contribution in [0.25, 0.3) is 4.91 Å². The minimum atomic E-state index is -3.88. The fourth-order valence-electron chi connectivity index (χ4n) is 4.07. The smallest absolute Gasteiger partial charge is 0.285 e. The lowest BCUT2D eigenvalue weighted by Crippen LogP contribution is -2.43. The quantitative estimate of drug-likeness (QED) is 0.760. The third kappa shape index (κ3) is 4.57. The van der Waals surface area contributed by atoms with Gasteiger partial charge >= 0.3 is 0 Å². The molecule has 0 saturated carbocycles. The van der Waals surface area contributed by atoms with Crippen LogP contribution >= 0.6 is 0 Å². The summed E-state index contributed by atoms with van der Waals surface area (Å²) in [6.45, 7) is 3.02. The second-order valence-corrected chi connectivity index (χ2v) is 9.50. The van der Waals surface area contributed by atoms with E-state index in [1.807, 2.05) is 4.90 Å². The molecular formula is C23H23F2N3O3S. The zero-order chi connectivity index (χ0) is 22.9. The second kappa shape index (κ2) is 8.82. The SMILES string of the molecule is CC1=C(c2ccc(F)cc2)S(=O)(=O)N=C1N1CCC(C(=O)NCc2ccc(F)cc2)CC1. The van der Waals surface area contributed by atoms with Gasteiger partial charge in [-0.15, -0.1) is 4.40 Å². The molecule has 0 unspecified atom stereocenters. The van der Waals surface area contributed by atoms with Crippen LogP contribution in [0.4, 0.5) is 8.78 Å². The Kier molecular flexibility index (Phi) is 6.10. The van der Waals surface area contributed by atoms with Crippen molar-refractivity contribution >= 4 is 26.7 Å². The molecule has 0 radical (unpaired) electrons. The molecule has 1 saturated heterocycles. The lowest BCUT2D eigenvalue weighted by atomic mass is 9.95. The van der Waals surface area contributed by atoms with Gasteiger partial charge in [-0.05, 0) is 55.2 Å². The van der Waals surface area contributed by atoms with Gasteiger partial charge < -0.3 is 10.2 Å². The van der Waals surface area contributed by atoms with E-state index in [-0.39, 0.29) is 22.5 Å². The van der Waals surface area contributed by atoms with E-state index in [0.29, 0.717) is 49.4 Å². The molecule has 0 aliphatic carbocycles. The first-order valence-electron chi connectivity index (χ1n) is 10.3. The predicted octanol–water partition coefficient (Wildman–Crippen LogP) is 3.47. The number of nitrogens with zero attached hydrogens (tertiary/aromatic N) is 2. The van der Waals surface area contributed by atoms with Crippen LogP contribution in [0.15, 0.2) is 58.5 Å². The monoisotopic (exact) mass is 459 g/mol. The predicted molar refractivity (Wildman–Crippen MR) is 118 cm³/mol. The molecule has 6 nitrogen and oxygen atoms in total. The highest BCUT2D eigenvalue weighted by atomic mass is 32.2. The number of rotatable bonds is 4. The van der Waals surface area contributed by atoms with Crippen LogP contribution in [0, 0.1) is 17.6 Å². The Morgan fingerprint density at radius 2 is 1.59 bits per heavy atom. The molecule has 2 heterocycles. The summed E-state index contributed by atoms with van der Waals surface area (Å²) in [4.78, 5) is 14.5. The molecule has 2 aromatic carbocycles. The van der Waals surface area contributed by atoms with Crippen LogP contribution in [0.3, 0.4) is 0 Å². The molecule has 2 aromatic rings. The molecule has 0 atom stereocenters. The van der Waals surface area contributed by atoms with E-state index in [4.69, 9.17) is 0 Å². The number of carbonyl (C=O) groups is 1. The van der Waals surface area contributed by atoms with E-state index in [9.17, 15) is 22.0 Å². The molecule has 1 fully saturated rings. The van der Waals surface area contributed by atoms with Gasteiger partial charge in [0, 0.05) is 31.1 Å². The lowest BCUT2D eigenvalue weighted by Gasteiger charge is -2.32. The number of carbonyl (C=O) groups excluding carboxylic acids is 1. The Labute approximate surface area is 185 Å². The fourth-order valence-corrected chi connectivity index (χ4v) is 5.56. The standard InChI is InChI=1S/C23H23F2N3O3S/c1-15-21(17-4-8-20(25)9-5-17)32(30,31)27-22(15)28-12-10-18(11-13-28)23(29)26-14-16-2-6-19(24)7-3-16/h2-9,18H,10-14H2,1H3,(H,26,29). The summed E-state index contributed by atoms with van der Waals surface area (Å²) in [5, 5.41) is 2.88. The zero-order valence-corrected chi connectivity index (χ0v) is 18.3. The van der Waals surface area contributed by atoms with E-state index in [1.54, 1.807) is 19.1 Å². The van der Waals surface area contributed by atoms with Crippen LogP contribution in [0.2, 0.25) is 0 Å². The third-order valence-electron chi connectivity index (χ3n) is 5.79. The van der Waals surface area contributed by atoms with Crippen LogP contribution < -0.4 is 5.32 Å². The summed E-state index contributed by atoms with van der Waals surface area (Å²) in [6.07, 6.45) is 1.13. The number of hydrogen-bond acceptors (Lipinski definition) is 4. The number of amidine groups is 1. The van der Waals surface area contributed by atoms with E-state index in [2.05, 4.69) is 9.71 Å². The molecular weight excluding hydrogens is 436 g/mol. The molecule has 2 aliphatic heterocycles. The minimum absolute atomic E-state index is 0.0748. The molecule has 32 heavy (non-hydrogen) atoms. The molecule has 0 aromatic heterocycles. The highest BCUT2D eigenvalue weighted by Crippen LogP contribution is 2.34. The topological polar surface area (TPSA) is 78.8 Å². The molecule has 9 heteroatoms. The molecule has 0 spiro atoms. The van der Waals surface area contributed by atoms with E-state index in [0.717, 1.165) is 5.56 Å². The zero-order valence-electron chi connectivity index (χ0n) is 17.5. The van der Waals surface area contributed by atoms with Crippen molar-refractivity contribution in [3.05, 3.63) is 76.9 Å². The van der Waals surface area contributed by atoms with Crippen molar-refractivity contribution in [3.8, 4) is 0 Å². The van der Waals surface area contributed by atoms with Crippen LogP contribution in [-0.2, 0) is 21.4 Å². The normalized spacial score (nSPS) is 18.6.